The number of carbonyl (C=O) groups is 1. The van der Waals surface area contributed by atoms with Crippen molar-refractivity contribution < 1.29 is 9.53 Å². The van der Waals surface area contributed by atoms with Crippen LogP contribution in [-0.2, 0) is 9.53 Å². The molecular weight excluding hydrogens is 130 g/mol. The zero-order chi connectivity index (χ0) is 6.97. The van der Waals surface area contributed by atoms with Gasteiger partial charge in [-0.15, -0.1) is 0 Å². The van der Waals surface area contributed by atoms with Crippen LogP contribution in [0.5, 0.6) is 0 Å². The Balaban J connectivity index is 1.74. The van der Waals surface area contributed by atoms with Gasteiger partial charge in [-0.25, -0.2) is 0 Å². The molecule has 2 unspecified atom stereocenters. The van der Waals surface area contributed by atoms with Crippen LogP contribution < -0.4 is 5.32 Å². The van der Waals surface area contributed by atoms with Gasteiger partial charge in [0.05, 0.1) is 13.2 Å². The molecular formula is C7H11NO2. The molecule has 1 heterocycles. The van der Waals surface area contributed by atoms with E-state index in [0.29, 0.717) is 0 Å². The molecule has 0 aromatic heterocycles. The largest absolute Gasteiger partial charge is 0.381 e. The maximum absolute atomic E-state index is 9.91. The van der Waals surface area contributed by atoms with E-state index >= 15 is 0 Å². The highest BCUT2D eigenvalue weighted by molar-refractivity contribution is 5.46. The van der Waals surface area contributed by atoms with Crippen molar-refractivity contribution in [2.45, 2.75) is 0 Å². The molecule has 1 saturated heterocycles. The lowest BCUT2D eigenvalue weighted by atomic mass is 10.3. The average Bonchev–Trinajstić information content (AvgIpc) is 2.46. The summed E-state index contributed by atoms with van der Waals surface area (Å²) >= 11 is 0. The van der Waals surface area contributed by atoms with Gasteiger partial charge in [0.15, 0.2) is 0 Å². The molecule has 0 bridgehead atoms. The molecule has 3 nitrogen and oxygen atoms in total. The molecule has 2 rings (SSSR count). The average molecular weight is 141 g/mol. The number of amides is 1. The Morgan fingerprint density at radius 1 is 1.50 bits per heavy atom. The fourth-order valence-electron chi connectivity index (χ4n) is 1.85. The van der Waals surface area contributed by atoms with Gasteiger partial charge in [-0.2, -0.15) is 0 Å². The van der Waals surface area contributed by atoms with Crippen molar-refractivity contribution in [1.29, 1.82) is 0 Å². The first kappa shape index (κ1) is 6.16. The van der Waals surface area contributed by atoms with Gasteiger partial charge < -0.3 is 10.1 Å². The summed E-state index contributed by atoms with van der Waals surface area (Å²) in [5, 5.41) is 2.70. The standard InChI is InChI=1S/C7H11NO2/c9-4-8-1-5-6-2-10-3-7(5)6/h4-7H,1-3H2,(H,8,9). The van der Waals surface area contributed by atoms with Gasteiger partial charge in [0.1, 0.15) is 0 Å². The highest BCUT2D eigenvalue weighted by atomic mass is 16.5. The fourth-order valence-corrected chi connectivity index (χ4v) is 1.85. The molecule has 0 aromatic rings. The number of nitrogens with one attached hydrogen (secondary N) is 1. The molecule has 1 aliphatic heterocycles. The SMILES string of the molecule is O=CNCC1C2COCC12. The minimum Gasteiger partial charge on any atom is -0.381 e. The van der Waals surface area contributed by atoms with Gasteiger partial charge in [0.25, 0.3) is 0 Å². The van der Waals surface area contributed by atoms with Crippen molar-refractivity contribution >= 4 is 6.41 Å². The van der Waals surface area contributed by atoms with Gasteiger partial charge in [-0.3, -0.25) is 4.79 Å². The lowest BCUT2D eigenvalue weighted by Gasteiger charge is -2.01. The zero-order valence-corrected chi connectivity index (χ0v) is 5.75. The predicted molar refractivity (Wildman–Crippen MR) is 35.4 cm³/mol. The summed E-state index contributed by atoms with van der Waals surface area (Å²) in [5.74, 6) is 2.24. The van der Waals surface area contributed by atoms with Crippen LogP contribution in [0.15, 0.2) is 0 Å². The van der Waals surface area contributed by atoms with Crippen LogP contribution in [0.3, 0.4) is 0 Å². The molecule has 1 saturated carbocycles. The Morgan fingerprint density at radius 2 is 2.20 bits per heavy atom. The van der Waals surface area contributed by atoms with E-state index in [1.165, 1.54) is 0 Å². The molecule has 0 aromatic carbocycles. The monoisotopic (exact) mass is 141 g/mol. The summed E-state index contributed by atoms with van der Waals surface area (Å²) in [6, 6.07) is 0. The molecule has 0 spiro atoms. The second kappa shape index (κ2) is 2.23. The lowest BCUT2D eigenvalue weighted by molar-refractivity contribution is -0.109. The first-order chi connectivity index (χ1) is 4.93. The van der Waals surface area contributed by atoms with E-state index in [9.17, 15) is 4.79 Å². The van der Waals surface area contributed by atoms with Crippen LogP contribution in [-0.4, -0.2) is 26.2 Å². The molecule has 1 amide bonds. The van der Waals surface area contributed by atoms with E-state index in [0.717, 1.165) is 43.9 Å². The van der Waals surface area contributed by atoms with Gasteiger partial charge in [-0.1, -0.05) is 0 Å². The second-order valence-electron chi connectivity index (χ2n) is 3.06. The van der Waals surface area contributed by atoms with Crippen LogP contribution in [0, 0.1) is 17.8 Å². The summed E-state index contributed by atoms with van der Waals surface area (Å²) < 4.78 is 5.20. The second-order valence-corrected chi connectivity index (χ2v) is 3.06. The number of hydrogen-bond acceptors (Lipinski definition) is 2. The number of hydrogen-bond donors (Lipinski definition) is 1. The molecule has 56 valence electrons. The molecule has 2 aliphatic rings. The summed E-state index contributed by atoms with van der Waals surface area (Å²) in [5.41, 5.74) is 0. The lowest BCUT2D eigenvalue weighted by Crippen LogP contribution is -2.17. The number of fused-ring (bicyclic) bond motifs is 1. The van der Waals surface area contributed by atoms with E-state index in [4.69, 9.17) is 4.74 Å². The first-order valence-corrected chi connectivity index (χ1v) is 3.68. The minimum absolute atomic E-state index is 0.721. The number of rotatable bonds is 3. The smallest absolute Gasteiger partial charge is 0.207 e. The summed E-state index contributed by atoms with van der Waals surface area (Å²) in [6.45, 7) is 2.67. The first-order valence-electron chi connectivity index (χ1n) is 3.68. The highest BCUT2D eigenvalue weighted by Gasteiger charge is 2.53. The molecule has 0 radical (unpaired) electrons. The predicted octanol–water partition coefficient (Wildman–Crippen LogP) is -0.375. The maximum Gasteiger partial charge on any atom is 0.207 e. The molecule has 1 aliphatic carbocycles. The molecule has 2 atom stereocenters. The van der Waals surface area contributed by atoms with Crippen LogP contribution in [0.1, 0.15) is 0 Å². The number of ether oxygens (including phenoxy) is 1. The zero-order valence-electron chi connectivity index (χ0n) is 5.75. The quantitative estimate of drug-likeness (QED) is 0.544. The summed E-state index contributed by atoms with van der Waals surface area (Å²) in [6.07, 6.45) is 0.773. The Kier molecular flexibility index (Phi) is 1.38. The maximum atomic E-state index is 9.91. The van der Waals surface area contributed by atoms with Crippen molar-refractivity contribution in [3.05, 3.63) is 0 Å². The summed E-state index contributed by atoms with van der Waals surface area (Å²) in [7, 11) is 0. The Morgan fingerprint density at radius 3 is 2.80 bits per heavy atom. The molecule has 1 N–H and O–H groups in total. The third-order valence-corrected chi connectivity index (χ3v) is 2.57. The van der Waals surface area contributed by atoms with Crippen molar-refractivity contribution in [3.63, 3.8) is 0 Å². The normalized spacial score (nSPS) is 42.6. The van der Waals surface area contributed by atoms with Gasteiger partial charge in [-0.05, 0) is 17.8 Å². The summed E-state index contributed by atoms with van der Waals surface area (Å²) in [4.78, 5) is 9.91. The minimum atomic E-state index is 0.721. The van der Waals surface area contributed by atoms with Gasteiger partial charge in [0.2, 0.25) is 6.41 Å². The van der Waals surface area contributed by atoms with E-state index in [1.807, 2.05) is 0 Å². The van der Waals surface area contributed by atoms with Crippen molar-refractivity contribution in [1.82, 2.24) is 5.32 Å². The highest BCUT2D eigenvalue weighted by Crippen LogP contribution is 2.49. The van der Waals surface area contributed by atoms with E-state index in [2.05, 4.69) is 5.32 Å². The van der Waals surface area contributed by atoms with Crippen molar-refractivity contribution in [3.8, 4) is 0 Å². The third-order valence-electron chi connectivity index (χ3n) is 2.57. The fraction of sp³-hybridized carbons (Fsp3) is 0.857. The van der Waals surface area contributed by atoms with Crippen LogP contribution in [0.2, 0.25) is 0 Å². The van der Waals surface area contributed by atoms with E-state index in [1.54, 1.807) is 0 Å². The van der Waals surface area contributed by atoms with Crippen molar-refractivity contribution in [2.75, 3.05) is 19.8 Å². The third kappa shape index (κ3) is 0.814. The van der Waals surface area contributed by atoms with Crippen LogP contribution in [0.4, 0.5) is 0 Å². The Bertz CT molecular complexity index is 139. The molecule has 10 heavy (non-hydrogen) atoms. The molecule has 3 heteroatoms. The Hall–Kier alpha value is -0.570. The Labute approximate surface area is 59.7 Å². The van der Waals surface area contributed by atoms with Gasteiger partial charge >= 0.3 is 0 Å². The van der Waals surface area contributed by atoms with Crippen LogP contribution in [0.25, 0.3) is 0 Å². The van der Waals surface area contributed by atoms with Gasteiger partial charge in [0, 0.05) is 6.54 Å². The van der Waals surface area contributed by atoms with E-state index < -0.39 is 0 Å². The number of carbonyl (C=O) groups excluding carboxylic acids is 1. The molecule has 2 fully saturated rings. The van der Waals surface area contributed by atoms with E-state index in [-0.39, 0.29) is 0 Å². The van der Waals surface area contributed by atoms with Crippen molar-refractivity contribution in [2.24, 2.45) is 17.8 Å². The topological polar surface area (TPSA) is 38.3 Å². The van der Waals surface area contributed by atoms with Crippen LogP contribution >= 0.6 is 0 Å².